The number of carbonyl (C=O) groups is 1. The lowest BCUT2D eigenvalue weighted by Crippen LogP contribution is -2.35. The van der Waals surface area contributed by atoms with E-state index in [2.05, 4.69) is 4.72 Å². The fraction of sp³-hybridized carbons (Fsp3) is 0.667. The van der Waals surface area contributed by atoms with Crippen molar-refractivity contribution in [3.05, 3.63) is 24.3 Å². The highest BCUT2D eigenvalue weighted by Gasteiger charge is 2.28. The van der Waals surface area contributed by atoms with E-state index in [0.29, 0.717) is 19.5 Å². The SMILES string of the molecule is O=C(O)C1CCN(c2ccc(S(=O)(=O)NC3CCCCCCCCC3)cc2)C1. The molecule has 0 radical (unpaired) electrons. The van der Waals surface area contributed by atoms with Crippen LogP contribution in [0.4, 0.5) is 5.69 Å². The van der Waals surface area contributed by atoms with E-state index in [0.717, 1.165) is 31.4 Å². The first-order chi connectivity index (χ1) is 13.5. The quantitative estimate of drug-likeness (QED) is 0.774. The summed E-state index contributed by atoms with van der Waals surface area (Å²) < 4.78 is 28.6. The van der Waals surface area contributed by atoms with Gasteiger partial charge in [0.25, 0.3) is 0 Å². The molecule has 3 rings (SSSR count). The summed E-state index contributed by atoms with van der Waals surface area (Å²) in [6.45, 7) is 1.16. The predicted octanol–water partition coefficient (Wildman–Crippen LogP) is 3.77. The number of sulfonamides is 1. The van der Waals surface area contributed by atoms with Crippen LogP contribution >= 0.6 is 0 Å². The standard InChI is InChI=1S/C21H32N2O4S/c24-21(25)17-14-15-23(16-17)19-10-12-20(13-11-19)28(26,27)22-18-8-6-4-2-1-3-5-7-9-18/h10-13,17-18,22H,1-9,14-16H2,(H,24,25). The van der Waals surface area contributed by atoms with Crippen molar-refractivity contribution < 1.29 is 18.3 Å². The number of anilines is 1. The molecule has 28 heavy (non-hydrogen) atoms. The van der Waals surface area contributed by atoms with Crippen LogP contribution in [0.15, 0.2) is 29.2 Å². The van der Waals surface area contributed by atoms with Crippen LogP contribution < -0.4 is 9.62 Å². The van der Waals surface area contributed by atoms with Gasteiger partial charge in [-0.3, -0.25) is 4.79 Å². The minimum atomic E-state index is -3.54. The van der Waals surface area contributed by atoms with Crippen LogP contribution in [0.25, 0.3) is 0 Å². The van der Waals surface area contributed by atoms with Gasteiger partial charge in [0, 0.05) is 24.8 Å². The van der Waals surface area contributed by atoms with Gasteiger partial charge in [-0.05, 0) is 43.5 Å². The monoisotopic (exact) mass is 408 g/mol. The number of nitrogens with one attached hydrogen (secondary N) is 1. The summed E-state index contributed by atoms with van der Waals surface area (Å²) in [5, 5.41) is 9.14. The molecule has 0 aromatic heterocycles. The highest BCUT2D eigenvalue weighted by molar-refractivity contribution is 7.89. The van der Waals surface area contributed by atoms with Gasteiger partial charge >= 0.3 is 5.97 Å². The first-order valence-corrected chi connectivity index (χ1v) is 12.0. The Morgan fingerprint density at radius 2 is 1.50 bits per heavy atom. The van der Waals surface area contributed by atoms with Crippen molar-refractivity contribution in [2.24, 2.45) is 5.92 Å². The number of carboxylic acid groups (broad SMARTS) is 1. The molecule has 0 spiro atoms. The average molecular weight is 409 g/mol. The van der Waals surface area contributed by atoms with Gasteiger partial charge in [0.2, 0.25) is 10.0 Å². The van der Waals surface area contributed by atoms with Crippen molar-refractivity contribution in [1.29, 1.82) is 0 Å². The van der Waals surface area contributed by atoms with Crippen LogP contribution in [0, 0.1) is 5.92 Å². The maximum Gasteiger partial charge on any atom is 0.308 e. The van der Waals surface area contributed by atoms with Crippen molar-refractivity contribution in [1.82, 2.24) is 4.72 Å². The van der Waals surface area contributed by atoms with Crippen molar-refractivity contribution in [3.8, 4) is 0 Å². The Morgan fingerprint density at radius 3 is 2.04 bits per heavy atom. The van der Waals surface area contributed by atoms with Gasteiger partial charge in [-0.15, -0.1) is 0 Å². The van der Waals surface area contributed by atoms with Crippen molar-refractivity contribution >= 4 is 21.7 Å². The smallest absolute Gasteiger partial charge is 0.308 e. The summed E-state index contributed by atoms with van der Waals surface area (Å²) in [7, 11) is -3.54. The second-order valence-corrected chi connectivity index (χ2v) is 9.85. The normalized spacial score (nSPS) is 22.9. The minimum absolute atomic E-state index is 0.0117. The zero-order valence-corrected chi connectivity index (χ0v) is 17.3. The van der Waals surface area contributed by atoms with Gasteiger partial charge in [0.1, 0.15) is 0 Å². The Balaban J connectivity index is 1.62. The molecule has 1 aromatic carbocycles. The molecule has 1 atom stereocenters. The molecule has 0 amide bonds. The third kappa shape index (κ3) is 5.70. The highest BCUT2D eigenvalue weighted by atomic mass is 32.2. The Hall–Kier alpha value is -1.60. The molecule has 2 N–H and O–H groups in total. The Kier molecular flexibility index (Phi) is 7.35. The molecule has 1 aliphatic carbocycles. The fourth-order valence-electron chi connectivity index (χ4n) is 4.25. The second kappa shape index (κ2) is 9.74. The van der Waals surface area contributed by atoms with E-state index in [1.165, 1.54) is 32.1 Å². The molecule has 0 bridgehead atoms. The maximum atomic E-state index is 12.8. The van der Waals surface area contributed by atoms with E-state index in [1.54, 1.807) is 24.3 Å². The van der Waals surface area contributed by atoms with Crippen molar-refractivity contribution in [3.63, 3.8) is 0 Å². The van der Waals surface area contributed by atoms with Crippen LogP contribution in [0.2, 0.25) is 0 Å². The average Bonchev–Trinajstić information content (AvgIpc) is 3.17. The summed E-state index contributed by atoms with van der Waals surface area (Å²) in [6, 6.07) is 6.84. The molecule has 1 aromatic rings. The first kappa shape index (κ1) is 21.1. The van der Waals surface area contributed by atoms with Crippen LogP contribution in [-0.2, 0) is 14.8 Å². The summed E-state index contributed by atoms with van der Waals surface area (Å²) in [5.74, 6) is -1.12. The zero-order chi connectivity index (χ0) is 20.0. The number of aliphatic carboxylic acids is 1. The summed E-state index contributed by atoms with van der Waals surface area (Å²) in [4.78, 5) is 13.4. The van der Waals surface area contributed by atoms with Crippen molar-refractivity contribution in [2.75, 3.05) is 18.0 Å². The topological polar surface area (TPSA) is 86.7 Å². The number of nitrogens with zero attached hydrogens (tertiary/aromatic N) is 1. The molecule has 2 fully saturated rings. The Morgan fingerprint density at radius 1 is 0.929 bits per heavy atom. The Bertz CT molecular complexity index is 738. The summed E-state index contributed by atoms with van der Waals surface area (Å²) in [6.07, 6.45) is 10.7. The van der Waals surface area contributed by atoms with E-state index in [1.807, 2.05) is 4.90 Å². The van der Waals surface area contributed by atoms with Gasteiger partial charge in [-0.2, -0.15) is 0 Å². The molecule has 1 unspecified atom stereocenters. The molecular weight excluding hydrogens is 376 g/mol. The third-order valence-electron chi connectivity index (χ3n) is 5.98. The number of benzene rings is 1. The van der Waals surface area contributed by atoms with Gasteiger partial charge in [0.05, 0.1) is 10.8 Å². The molecule has 1 saturated carbocycles. The van der Waals surface area contributed by atoms with E-state index >= 15 is 0 Å². The second-order valence-electron chi connectivity index (χ2n) is 8.13. The number of rotatable bonds is 5. The van der Waals surface area contributed by atoms with Crippen LogP contribution in [0.5, 0.6) is 0 Å². The lowest BCUT2D eigenvalue weighted by molar-refractivity contribution is -0.140. The molecule has 1 heterocycles. The lowest BCUT2D eigenvalue weighted by atomic mass is 9.98. The first-order valence-electron chi connectivity index (χ1n) is 10.6. The lowest BCUT2D eigenvalue weighted by Gasteiger charge is -2.21. The highest BCUT2D eigenvalue weighted by Crippen LogP contribution is 2.26. The van der Waals surface area contributed by atoms with Crippen LogP contribution in [0.3, 0.4) is 0 Å². The van der Waals surface area contributed by atoms with Crippen LogP contribution in [-0.4, -0.2) is 38.6 Å². The minimum Gasteiger partial charge on any atom is -0.481 e. The van der Waals surface area contributed by atoms with Gasteiger partial charge in [0.15, 0.2) is 0 Å². The zero-order valence-electron chi connectivity index (χ0n) is 16.5. The molecule has 1 saturated heterocycles. The van der Waals surface area contributed by atoms with Crippen molar-refractivity contribution in [2.45, 2.75) is 75.1 Å². The Labute approximate surface area is 168 Å². The predicted molar refractivity (Wildman–Crippen MR) is 110 cm³/mol. The third-order valence-corrected chi connectivity index (χ3v) is 7.51. The summed E-state index contributed by atoms with van der Waals surface area (Å²) >= 11 is 0. The number of hydrogen-bond acceptors (Lipinski definition) is 4. The van der Waals surface area contributed by atoms with E-state index in [9.17, 15) is 13.2 Å². The molecule has 6 nitrogen and oxygen atoms in total. The van der Waals surface area contributed by atoms with Gasteiger partial charge < -0.3 is 10.0 Å². The largest absolute Gasteiger partial charge is 0.481 e. The molecule has 1 aliphatic heterocycles. The maximum absolute atomic E-state index is 12.8. The molecule has 7 heteroatoms. The molecule has 156 valence electrons. The summed E-state index contributed by atoms with van der Waals surface area (Å²) in [5.41, 5.74) is 0.876. The van der Waals surface area contributed by atoms with E-state index in [-0.39, 0.29) is 16.9 Å². The van der Waals surface area contributed by atoms with E-state index < -0.39 is 16.0 Å². The van der Waals surface area contributed by atoms with E-state index in [4.69, 9.17) is 5.11 Å². The van der Waals surface area contributed by atoms with Gasteiger partial charge in [-0.25, -0.2) is 13.1 Å². The number of hydrogen-bond donors (Lipinski definition) is 2. The number of carboxylic acids is 1. The van der Waals surface area contributed by atoms with Crippen LogP contribution in [0.1, 0.15) is 64.2 Å². The molecular formula is C21H32N2O4S. The molecule has 2 aliphatic rings. The van der Waals surface area contributed by atoms with Gasteiger partial charge in [-0.1, -0.05) is 44.9 Å². The fourth-order valence-corrected chi connectivity index (χ4v) is 5.55.